The van der Waals surface area contributed by atoms with Gasteiger partial charge in [0.1, 0.15) is 0 Å². The molecule has 0 aromatic carbocycles. The molecule has 0 aromatic heterocycles. The van der Waals surface area contributed by atoms with Crippen LogP contribution in [-0.4, -0.2) is 45.9 Å². The van der Waals surface area contributed by atoms with Crippen LogP contribution in [0.1, 0.15) is 52.9 Å². The second-order valence-electron chi connectivity index (χ2n) is 5.30. The van der Waals surface area contributed by atoms with Crippen molar-refractivity contribution in [3.63, 3.8) is 0 Å². The van der Waals surface area contributed by atoms with E-state index in [1.54, 1.807) is 7.05 Å². The zero-order valence-corrected chi connectivity index (χ0v) is 14.4. The Morgan fingerprint density at radius 2 is 1.85 bits per heavy atom. The minimum absolute atomic E-state index is 0.444. The van der Waals surface area contributed by atoms with Crippen LogP contribution in [0.2, 0.25) is 0 Å². The average Bonchev–Trinajstić information content (AvgIpc) is 2.43. The van der Waals surface area contributed by atoms with E-state index < -0.39 is 10.2 Å². The van der Waals surface area contributed by atoms with Gasteiger partial charge in [0.15, 0.2) is 0 Å². The zero-order chi connectivity index (χ0) is 15.4. The molecule has 5 nitrogen and oxygen atoms in total. The highest BCUT2D eigenvalue weighted by Gasteiger charge is 2.18. The van der Waals surface area contributed by atoms with Gasteiger partial charge in [-0.05, 0) is 31.8 Å². The lowest BCUT2D eigenvalue weighted by molar-refractivity contribution is 0.416. The lowest BCUT2D eigenvalue weighted by Gasteiger charge is -2.20. The van der Waals surface area contributed by atoms with Crippen LogP contribution in [0.5, 0.6) is 0 Å². The predicted octanol–water partition coefficient (Wildman–Crippen LogP) is 1.97. The largest absolute Gasteiger partial charge is 0.317 e. The third-order valence-corrected chi connectivity index (χ3v) is 5.12. The molecular weight excluding hydrogens is 274 g/mol. The second kappa shape index (κ2) is 11.5. The van der Waals surface area contributed by atoms with Gasteiger partial charge in [0, 0.05) is 20.1 Å². The van der Waals surface area contributed by atoms with Crippen molar-refractivity contribution in [2.45, 2.75) is 52.9 Å². The van der Waals surface area contributed by atoms with E-state index in [2.05, 4.69) is 23.9 Å². The Hall–Kier alpha value is -0.170. The van der Waals surface area contributed by atoms with Crippen molar-refractivity contribution in [3.05, 3.63) is 0 Å². The van der Waals surface area contributed by atoms with Gasteiger partial charge in [-0.25, -0.2) is 4.72 Å². The van der Waals surface area contributed by atoms with E-state index in [9.17, 15) is 8.42 Å². The second-order valence-corrected chi connectivity index (χ2v) is 7.16. The van der Waals surface area contributed by atoms with Crippen LogP contribution in [0.4, 0.5) is 0 Å². The first kappa shape index (κ1) is 19.8. The Balaban J connectivity index is 4.08. The van der Waals surface area contributed by atoms with Gasteiger partial charge in [0.2, 0.25) is 0 Å². The molecule has 0 amide bonds. The molecule has 1 unspecified atom stereocenters. The number of rotatable bonds is 13. The Bertz CT molecular complexity index is 320. The molecule has 1 atom stereocenters. The molecule has 0 aromatic rings. The van der Waals surface area contributed by atoms with Crippen LogP contribution in [0.25, 0.3) is 0 Å². The molecule has 0 spiro atoms. The molecule has 2 N–H and O–H groups in total. The monoisotopic (exact) mass is 307 g/mol. The van der Waals surface area contributed by atoms with Crippen LogP contribution < -0.4 is 10.0 Å². The Morgan fingerprint density at radius 3 is 2.40 bits per heavy atom. The summed E-state index contributed by atoms with van der Waals surface area (Å²) in [5.74, 6) is 0.444. The zero-order valence-electron chi connectivity index (χ0n) is 13.6. The maximum absolute atomic E-state index is 12.1. The summed E-state index contributed by atoms with van der Waals surface area (Å²) in [4.78, 5) is 0. The SMILES string of the molecule is CCCCC(CC)CNS(=O)(=O)N(C)CCCNCC. The maximum Gasteiger partial charge on any atom is 0.279 e. The minimum atomic E-state index is -3.32. The average molecular weight is 308 g/mol. The first-order valence-corrected chi connectivity index (χ1v) is 9.33. The Kier molecular flexibility index (Phi) is 11.4. The maximum atomic E-state index is 12.1. The summed E-state index contributed by atoms with van der Waals surface area (Å²) in [6, 6.07) is 0. The fourth-order valence-corrected chi connectivity index (χ4v) is 3.04. The molecule has 0 radical (unpaired) electrons. The number of nitrogens with one attached hydrogen (secondary N) is 2. The lowest BCUT2D eigenvalue weighted by Crippen LogP contribution is -2.41. The van der Waals surface area contributed by atoms with E-state index in [1.165, 1.54) is 10.7 Å². The summed E-state index contributed by atoms with van der Waals surface area (Å²) < 4.78 is 28.3. The topological polar surface area (TPSA) is 61.4 Å². The predicted molar refractivity (Wildman–Crippen MR) is 86.0 cm³/mol. The molecule has 0 fully saturated rings. The number of hydrogen-bond donors (Lipinski definition) is 2. The highest BCUT2D eigenvalue weighted by molar-refractivity contribution is 7.87. The molecule has 0 bridgehead atoms. The Labute approximate surface area is 125 Å². The molecule has 0 aliphatic carbocycles. The smallest absolute Gasteiger partial charge is 0.279 e. The van der Waals surface area contributed by atoms with Crippen molar-refractivity contribution >= 4 is 10.2 Å². The normalized spacial score (nSPS) is 13.8. The lowest BCUT2D eigenvalue weighted by atomic mass is 10.00. The Morgan fingerprint density at radius 1 is 1.15 bits per heavy atom. The summed E-state index contributed by atoms with van der Waals surface area (Å²) in [5, 5.41) is 3.20. The van der Waals surface area contributed by atoms with Crippen LogP contribution in [0.15, 0.2) is 0 Å². The fourth-order valence-electron chi connectivity index (χ4n) is 2.00. The van der Waals surface area contributed by atoms with Gasteiger partial charge >= 0.3 is 0 Å². The first-order valence-electron chi connectivity index (χ1n) is 7.89. The minimum Gasteiger partial charge on any atom is -0.317 e. The summed E-state index contributed by atoms with van der Waals surface area (Å²) in [7, 11) is -1.68. The third-order valence-electron chi connectivity index (χ3n) is 3.58. The molecular formula is C14H33N3O2S. The standard InChI is InChI=1S/C14H33N3O2S/c1-5-8-10-14(6-2)13-16-20(18,19)17(4)12-9-11-15-7-3/h14-16H,5-13H2,1-4H3. The quantitative estimate of drug-likeness (QED) is 0.511. The van der Waals surface area contributed by atoms with Gasteiger partial charge in [-0.2, -0.15) is 12.7 Å². The summed E-state index contributed by atoms with van der Waals surface area (Å²) in [5.41, 5.74) is 0. The van der Waals surface area contributed by atoms with E-state index in [4.69, 9.17) is 0 Å². The molecule has 122 valence electrons. The van der Waals surface area contributed by atoms with Gasteiger partial charge in [0.05, 0.1) is 0 Å². The van der Waals surface area contributed by atoms with Crippen LogP contribution >= 0.6 is 0 Å². The van der Waals surface area contributed by atoms with Crippen LogP contribution in [0.3, 0.4) is 0 Å². The summed E-state index contributed by atoms with van der Waals surface area (Å²) in [6.45, 7) is 9.20. The van der Waals surface area contributed by atoms with E-state index in [-0.39, 0.29) is 0 Å². The van der Waals surface area contributed by atoms with E-state index in [0.717, 1.165) is 38.8 Å². The van der Waals surface area contributed by atoms with Gasteiger partial charge in [-0.3, -0.25) is 0 Å². The van der Waals surface area contributed by atoms with Crippen molar-refractivity contribution in [2.75, 3.05) is 33.2 Å². The molecule has 0 rings (SSSR count). The summed E-state index contributed by atoms with van der Waals surface area (Å²) >= 11 is 0. The molecule has 0 saturated carbocycles. The van der Waals surface area contributed by atoms with Crippen LogP contribution in [-0.2, 0) is 10.2 Å². The van der Waals surface area contributed by atoms with Gasteiger partial charge < -0.3 is 5.32 Å². The van der Waals surface area contributed by atoms with Crippen LogP contribution in [0, 0.1) is 5.92 Å². The molecule has 0 saturated heterocycles. The molecule has 6 heteroatoms. The number of unbranched alkanes of at least 4 members (excludes halogenated alkanes) is 1. The van der Waals surface area contributed by atoms with Crippen molar-refractivity contribution < 1.29 is 8.42 Å². The van der Waals surface area contributed by atoms with Crippen molar-refractivity contribution in [3.8, 4) is 0 Å². The number of hydrogen-bond acceptors (Lipinski definition) is 3. The summed E-state index contributed by atoms with van der Waals surface area (Å²) in [6.07, 6.45) is 5.27. The molecule has 0 aliphatic heterocycles. The van der Waals surface area contributed by atoms with Crippen molar-refractivity contribution in [2.24, 2.45) is 5.92 Å². The third kappa shape index (κ3) is 8.89. The molecule has 0 heterocycles. The highest BCUT2D eigenvalue weighted by Crippen LogP contribution is 2.12. The van der Waals surface area contributed by atoms with Crippen molar-refractivity contribution in [1.29, 1.82) is 0 Å². The highest BCUT2D eigenvalue weighted by atomic mass is 32.2. The first-order chi connectivity index (χ1) is 9.47. The molecule has 20 heavy (non-hydrogen) atoms. The van der Waals surface area contributed by atoms with Gasteiger partial charge in [-0.15, -0.1) is 0 Å². The molecule has 0 aliphatic rings. The van der Waals surface area contributed by atoms with E-state index in [0.29, 0.717) is 19.0 Å². The van der Waals surface area contributed by atoms with E-state index >= 15 is 0 Å². The van der Waals surface area contributed by atoms with Gasteiger partial charge in [-0.1, -0.05) is 40.0 Å². The fraction of sp³-hybridized carbons (Fsp3) is 1.00. The van der Waals surface area contributed by atoms with Gasteiger partial charge in [0.25, 0.3) is 10.2 Å². The van der Waals surface area contributed by atoms with E-state index in [1.807, 2.05) is 6.92 Å². The van der Waals surface area contributed by atoms with Crippen molar-refractivity contribution in [1.82, 2.24) is 14.3 Å². The number of nitrogens with zero attached hydrogens (tertiary/aromatic N) is 1.